The van der Waals surface area contributed by atoms with Crippen LogP contribution in [0.25, 0.3) is 0 Å². The molecule has 1 heterocycles. The van der Waals surface area contributed by atoms with Gasteiger partial charge in [0.25, 0.3) is 0 Å². The fourth-order valence-electron chi connectivity index (χ4n) is 2.73. The number of hydrogen-bond donors (Lipinski definition) is 1. The molecule has 0 saturated heterocycles. The number of sulfonamides is 2. The molecule has 0 radical (unpaired) electrons. The Bertz CT molecular complexity index is 1030. The highest BCUT2D eigenvalue weighted by Crippen LogP contribution is 2.35. The van der Waals surface area contributed by atoms with Gasteiger partial charge in [0, 0.05) is 22.2 Å². The second kappa shape index (κ2) is 6.44. The van der Waals surface area contributed by atoms with Crippen LogP contribution in [0.2, 0.25) is 10.0 Å². The van der Waals surface area contributed by atoms with Crippen LogP contribution in [0.5, 0.6) is 0 Å². The van der Waals surface area contributed by atoms with Crippen LogP contribution in [0.1, 0.15) is 11.1 Å². The summed E-state index contributed by atoms with van der Waals surface area (Å²) in [5.74, 6) is -0.384. The number of rotatable bonds is 4. The van der Waals surface area contributed by atoms with E-state index in [9.17, 15) is 16.8 Å². The lowest BCUT2D eigenvalue weighted by Crippen LogP contribution is -2.30. The van der Waals surface area contributed by atoms with Crippen LogP contribution < -0.4 is 9.44 Å². The molecule has 0 aliphatic carbocycles. The van der Waals surface area contributed by atoms with Gasteiger partial charge in [0.15, 0.2) is 0 Å². The molecule has 2 aromatic rings. The maximum Gasteiger partial charge on any atom is 0.239 e. The molecule has 0 amide bonds. The van der Waals surface area contributed by atoms with Gasteiger partial charge < -0.3 is 0 Å². The molecule has 3 rings (SSSR count). The molecule has 6 nitrogen and oxygen atoms in total. The van der Waals surface area contributed by atoms with Gasteiger partial charge in [-0.2, -0.15) is 0 Å². The summed E-state index contributed by atoms with van der Waals surface area (Å²) in [6, 6.07) is 8.99. The van der Waals surface area contributed by atoms with Gasteiger partial charge in [-0.15, -0.1) is 0 Å². The normalized spacial score (nSPS) is 14.6. The average molecular weight is 421 g/mol. The SMILES string of the molecule is NS(=O)(=O)c1ccc2c(c1)N(S(=O)(=O)Cc1c(Cl)cccc1Cl)CC2. The van der Waals surface area contributed by atoms with E-state index in [0.29, 0.717) is 17.7 Å². The van der Waals surface area contributed by atoms with Gasteiger partial charge in [0.2, 0.25) is 20.0 Å². The first-order chi connectivity index (χ1) is 11.6. The van der Waals surface area contributed by atoms with Crippen molar-refractivity contribution in [3.05, 3.63) is 57.6 Å². The summed E-state index contributed by atoms with van der Waals surface area (Å²) in [5, 5.41) is 5.65. The minimum Gasteiger partial charge on any atom is -0.269 e. The maximum atomic E-state index is 12.9. The Hall–Kier alpha value is -1.32. The first kappa shape index (κ1) is 18.5. The molecule has 0 fully saturated rings. The summed E-state index contributed by atoms with van der Waals surface area (Å²) in [7, 11) is -7.73. The number of halogens is 2. The van der Waals surface area contributed by atoms with E-state index in [1.54, 1.807) is 24.3 Å². The molecule has 10 heteroatoms. The van der Waals surface area contributed by atoms with E-state index in [1.807, 2.05) is 0 Å². The Morgan fingerprint density at radius 3 is 2.28 bits per heavy atom. The molecule has 1 aliphatic rings. The predicted octanol–water partition coefficient (Wildman–Crippen LogP) is 2.53. The van der Waals surface area contributed by atoms with Crippen LogP contribution in [-0.4, -0.2) is 23.4 Å². The highest BCUT2D eigenvalue weighted by atomic mass is 35.5. The molecular weight excluding hydrogens is 407 g/mol. The molecule has 0 spiro atoms. The van der Waals surface area contributed by atoms with Crippen LogP contribution in [0.15, 0.2) is 41.3 Å². The Kier molecular flexibility index (Phi) is 4.76. The van der Waals surface area contributed by atoms with E-state index in [2.05, 4.69) is 0 Å². The number of fused-ring (bicyclic) bond motifs is 1. The fourth-order valence-corrected chi connectivity index (χ4v) is 5.62. The molecule has 25 heavy (non-hydrogen) atoms. The van der Waals surface area contributed by atoms with Crippen molar-refractivity contribution in [3.63, 3.8) is 0 Å². The smallest absolute Gasteiger partial charge is 0.239 e. The highest BCUT2D eigenvalue weighted by Gasteiger charge is 2.31. The summed E-state index contributed by atoms with van der Waals surface area (Å²) in [6.45, 7) is 0.216. The third-order valence-corrected chi connectivity index (χ3v) is 7.29. The number of nitrogens with two attached hydrogens (primary N) is 1. The second-order valence-corrected chi connectivity index (χ2v) is 9.88. The third kappa shape index (κ3) is 3.63. The van der Waals surface area contributed by atoms with Gasteiger partial charge in [-0.1, -0.05) is 35.3 Å². The van der Waals surface area contributed by atoms with Crippen LogP contribution in [0.3, 0.4) is 0 Å². The monoisotopic (exact) mass is 420 g/mol. The molecule has 2 N–H and O–H groups in total. The number of anilines is 1. The average Bonchev–Trinajstić information content (AvgIpc) is 2.94. The molecular formula is C15H14Cl2N2O4S2. The first-order valence-electron chi connectivity index (χ1n) is 7.18. The van der Waals surface area contributed by atoms with Crippen molar-refractivity contribution in [1.82, 2.24) is 0 Å². The summed E-state index contributed by atoms with van der Waals surface area (Å²) >= 11 is 12.1. The predicted molar refractivity (Wildman–Crippen MR) is 98.0 cm³/mol. The Morgan fingerprint density at radius 1 is 1.04 bits per heavy atom. The molecule has 0 aromatic heterocycles. The standard InChI is InChI=1S/C15H14Cl2N2O4S2/c16-13-2-1-3-14(17)12(13)9-24(20,21)19-7-6-10-4-5-11(8-15(10)19)25(18,22)23/h1-5,8H,6-7,9H2,(H2,18,22,23). The topological polar surface area (TPSA) is 97.5 Å². The Balaban J connectivity index is 2.02. The zero-order valence-corrected chi connectivity index (χ0v) is 16.0. The van der Waals surface area contributed by atoms with Crippen molar-refractivity contribution in [3.8, 4) is 0 Å². The largest absolute Gasteiger partial charge is 0.269 e. The number of benzene rings is 2. The zero-order chi connectivity index (χ0) is 18.4. The highest BCUT2D eigenvalue weighted by molar-refractivity contribution is 7.92. The van der Waals surface area contributed by atoms with E-state index in [4.69, 9.17) is 28.3 Å². The zero-order valence-electron chi connectivity index (χ0n) is 12.8. The molecule has 0 saturated carbocycles. The van der Waals surface area contributed by atoms with Gasteiger partial charge >= 0.3 is 0 Å². The minimum absolute atomic E-state index is 0.135. The lowest BCUT2D eigenvalue weighted by molar-refractivity contribution is 0.590. The van der Waals surface area contributed by atoms with Crippen molar-refractivity contribution < 1.29 is 16.8 Å². The second-order valence-electron chi connectivity index (χ2n) is 5.61. The van der Waals surface area contributed by atoms with Gasteiger partial charge in [-0.3, -0.25) is 4.31 Å². The van der Waals surface area contributed by atoms with Crippen molar-refractivity contribution in [1.29, 1.82) is 0 Å². The van der Waals surface area contributed by atoms with Crippen molar-refractivity contribution in [2.24, 2.45) is 5.14 Å². The van der Waals surface area contributed by atoms with E-state index >= 15 is 0 Å². The quantitative estimate of drug-likeness (QED) is 0.821. The molecule has 0 unspecified atom stereocenters. The van der Waals surface area contributed by atoms with Crippen molar-refractivity contribution in [2.45, 2.75) is 17.1 Å². The van der Waals surface area contributed by atoms with E-state index in [1.165, 1.54) is 16.4 Å². The van der Waals surface area contributed by atoms with E-state index in [-0.39, 0.29) is 27.2 Å². The van der Waals surface area contributed by atoms with Gasteiger partial charge in [-0.05, 0) is 36.2 Å². The lowest BCUT2D eigenvalue weighted by Gasteiger charge is -2.20. The molecule has 1 aliphatic heterocycles. The van der Waals surface area contributed by atoms with Gasteiger partial charge in [0.1, 0.15) is 0 Å². The molecule has 2 aromatic carbocycles. The van der Waals surface area contributed by atoms with Crippen LogP contribution in [0, 0.1) is 0 Å². The number of nitrogens with zero attached hydrogens (tertiary/aromatic N) is 1. The molecule has 0 atom stereocenters. The van der Waals surface area contributed by atoms with Crippen LogP contribution in [0.4, 0.5) is 5.69 Å². The first-order valence-corrected chi connectivity index (χ1v) is 11.1. The maximum absolute atomic E-state index is 12.9. The Labute approximate surface area is 156 Å². The number of primary sulfonamides is 1. The van der Waals surface area contributed by atoms with Crippen molar-refractivity contribution >= 4 is 48.9 Å². The summed E-state index contributed by atoms with van der Waals surface area (Å²) in [4.78, 5) is -0.135. The van der Waals surface area contributed by atoms with Gasteiger partial charge in [0.05, 0.1) is 16.3 Å². The minimum atomic E-state index is -3.93. The van der Waals surface area contributed by atoms with Gasteiger partial charge in [-0.25, -0.2) is 22.0 Å². The van der Waals surface area contributed by atoms with E-state index < -0.39 is 20.0 Å². The Morgan fingerprint density at radius 2 is 1.68 bits per heavy atom. The molecule has 134 valence electrons. The van der Waals surface area contributed by atoms with Crippen molar-refractivity contribution in [2.75, 3.05) is 10.8 Å². The molecule has 0 bridgehead atoms. The fraction of sp³-hybridized carbons (Fsp3) is 0.200. The summed E-state index contributed by atoms with van der Waals surface area (Å²) in [6.07, 6.45) is 0.482. The van der Waals surface area contributed by atoms with E-state index in [0.717, 1.165) is 5.56 Å². The van der Waals surface area contributed by atoms with Crippen LogP contribution >= 0.6 is 23.2 Å². The lowest BCUT2D eigenvalue weighted by atomic mass is 10.2. The van der Waals surface area contributed by atoms with Crippen LogP contribution in [-0.2, 0) is 32.2 Å². The summed E-state index contributed by atoms with van der Waals surface area (Å²) < 4.78 is 50.0. The summed E-state index contributed by atoms with van der Waals surface area (Å²) in [5.41, 5.74) is 1.36. The number of hydrogen-bond acceptors (Lipinski definition) is 4. The third-order valence-electron chi connectivity index (χ3n) is 3.96.